The number of rotatable bonds is 4. The van der Waals surface area contributed by atoms with Gasteiger partial charge in [-0.15, -0.1) is 11.8 Å². The van der Waals surface area contributed by atoms with Gasteiger partial charge in [0.05, 0.1) is 12.2 Å². The fraction of sp³-hybridized carbons (Fsp3) is 0.100. The Morgan fingerprint density at radius 2 is 1.86 bits per heavy atom. The number of hydrogen-bond acceptors (Lipinski definition) is 5. The average Bonchev–Trinajstić information content (AvgIpc) is 2.72. The zero-order valence-electron chi connectivity index (χ0n) is 15.3. The molecular formula is C20H16FN3O3S2. The molecule has 29 heavy (non-hydrogen) atoms. The van der Waals surface area contributed by atoms with E-state index < -0.39 is 21.9 Å². The number of thioether (sulfide) groups is 1. The quantitative estimate of drug-likeness (QED) is 0.575. The second-order valence-corrected chi connectivity index (χ2v) is 9.00. The van der Waals surface area contributed by atoms with Crippen LogP contribution in [0.5, 0.6) is 0 Å². The van der Waals surface area contributed by atoms with Gasteiger partial charge < -0.3 is 0 Å². The summed E-state index contributed by atoms with van der Waals surface area (Å²) in [5.41, 5.74) is 0.869. The molecule has 0 saturated heterocycles. The fourth-order valence-electron chi connectivity index (χ4n) is 3.11. The van der Waals surface area contributed by atoms with E-state index >= 15 is 0 Å². The number of sulfonamides is 1. The second-order valence-electron chi connectivity index (χ2n) is 6.29. The Morgan fingerprint density at radius 1 is 1.07 bits per heavy atom. The van der Waals surface area contributed by atoms with E-state index in [1.807, 2.05) is 12.3 Å². The lowest BCUT2D eigenvalue weighted by molar-refractivity contribution is 0.229. The molecule has 1 aliphatic rings. The first-order valence-corrected chi connectivity index (χ1v) is 11.3. The van der Waals surface area contributed by atoms with Crippen molar-refractivity contribution in [1.82, 2.24) is 9.29 Å². The highest BCUT2D eigenvalue weighted by Gasteiger charge is 2.43. The molecule has 2 aromatic carbocycles. The molecule has 4 rings (SSSR count). The molecule has 0 spiro atoms. The number of anilines is 2. The van der Waals surface area contributed by atoms with Crippen LogP contribution in [0.15, 0.2) is 76.7 Å². The lowest BCUT2D eigenvalue weighted by Crippen LogP contribution is -2.48. The van der Waals surface area contributed by atoms with Crippen LogP contribution in [0.1, 0.15) is 5.56 Å². The summed E-state index contributed by atoms with van der Waals surface area (Å²) in [6.07, 6.45) is 3.35. The van der Waals surface area contributed by atoms with E-state index in [0.717, 1.165) is 9.20 Å². The maximum atomic E-state index is 13.6. The zero-order valence-corrected chi connectivity index (χ0v) is 17.0. The van der Waals surface area contributed by atoms with E-state index in [0.29, 0.717) is 11.3 Å². The van der Waals surface area contributed by atoms with Crippen molar-refractivity contribution in [3.63, 3.8) is 0 Å². The van der Waals surface area contributed by atoms with E-state index in [1.165, 1.54) is 53.2 Å². The Labute approximate surface area is 172 Å². The van der Waals surface area contributed by atoms with Crippen LogP contribution in [0.2, 0.25) is 0 Å². The molecule has 2 heterocycles. The summed E-state index contributed by atoms with van der Waals surface area (Å²) in [6.45, 7) is -0.286. The van der Waals surface area contributed by atoms with Crippen LogP contribution in [0.4, 0.5) is 20.7 Å². The highest BCUT2D eigenvalue weighted by Crippen LogP contribution is 2.38. The van der Waals surface area contributed by atoms with Crippen molar-refractivity contribution in [1.29, 1.82) is 0 Å². The number of halogens is 1. The number of aromatic nitrogens is 1. The number of fused-ring (bicyclic) bond motifs is 1. The van der Waals surface area contributed by atoms with Gasteiger partial charge in [-0.3, -0.25) is 0 Å². The highest BCUT2D eigenvalue weighted by molar-refractivity contribution is 7.98. The second kappa shape index (κ2) is 7.49. The van der Waals surface area contributed by atoms with Crippen molar-refractivity contribution in [2.75, 3.05) is 11.2 Å². The summed E-state index contributed by atoms with van der Waals surface area (Å²) in [5.74, 6) is -0.456. The van der Waals surface area contributed by atoms with Crippen molar-refractivity contribution in [2.24, 2.45) is 0 Å². The van der Waals surface area contributed by atoms with Gasteiger partial charge in [0, 0.05) is 11.1 Å². The van der Waals surface area contributed by atoms with Gasteiger partial charge in [0.25, 0.3) is 10.0 Å². The molecule has 6 nitrogen and oxygen atoms in total. The smallest absolute Gasteiger partial charge is 0.246 e. The molecule has 0 bridgehead atoms. The summed E-state index contributed by atoms with van der Waals surface area (Å²) in [5, 5.41) is 0. The molecular weight excluding hydrogens is 413 g/mol. The van der Waals surface area contributed by atoms with Gasteiger partial charge in [-0.25, -0.2) is 31.8 Å². The van der Waals surface area contributed by atoms with Crippen molar-refractivity contribution < 1.29 is 17.6 Å². The molecule has 0 radical (unpaired) electrons. The molecule has 0 atom stereocenters. The summed E-state index contributed by atoms with van der Waals surface area (Å²) in [4.78, 5) is 19.6. The third-order valence-corrected chi connectivity index (χ3v) is 6.93. The Hall–Kier alpha value is -2.91. The number of urea groups is 1. The van der Waals surface area contributed by atoms with Gasteiger partial charge in [-0.1, -0.05) is 18.2 Å². The highest BCUT2D eigenvalue weighted by atomic mass is 32.2. The van der Waals surface area contributed by atoms with E-state index in [9.17, 15) is 17.6 Å². The Kier molecular flexibility index (Phi) is 5.01. The van der Waals surface area contributed by atoms with Crippen LogP contribution >= 0.6 is 11.8 Å². The summed E-state index contributed by atoms with van der Waals surface area (Å²) in [6, 6.07) is 14.9. The first-order chi connectivity index (χ1) is 13.9. The molecule has 3 aromatic rings. The van der Waals surface area contributed by atoms with Gasteiger partial charge >= 0.3 is 6.03 Å². The van der Waals surface area contributed by atoms with Gasteiger partial charge in [-0.05, 0) is 54.3 Å². The minimum absolute atomic E-state index is 0.0474. The summed E-state index contributed by atoms with van der Waals surface area (Å²) < 4.78 is 40.6. The van der Waals surface area contributed by atoms with Crippen LogP contribution in [-0.4, -0.2) is 30.0 Å². The minimum atomic E-state index is -4.15. The number of pyridine rings is 1. The van der Waals surface area contributed by atoms with E-state index in [1.54, 1.807) is 24.3 Å². The third-order valence-electron chi connectivity index (χ3n) is 4.46. The van der Waals surface area contributed by atoms with Crippen LogP contribution in [0.3, 0.4) is 0 Å². The molecule has 0 unspecified atom stereocenters. The van der Waals surface area contributed by atoms with Crippen LogP contribution in [0.25, 0.3) is 0 Å². The van der Waals surface area contributed by atoms with Gasteiger partial charge in [0.15, 0.2) is 5.82 Å². The number of amides is 2. The molecule has 0 fully saturated rings. The van der Waals surface area contributed by atoms with E-state index in [4.69, 9.17) is 0 Å². The fourth-order valence-corrected chi connectivity index (χ4v) is 5.03. The monoisotopic (exact) mass is 429 g/mol. The molecule has 0 saturated carbocycles. The van der Waals surface area contributed by atoms with Crippen LogP contribution in [0, 0.1) is 5.82 Å². The topological polar surface area (TPSA) is 70.6 Å². The Balaban J connectivity index is 1.87. The summed E-state index contributed by atoms with van der Waals surface area (Å²) in [7, 11) is -4.15. The first kappa shape index (κ1) is 19.4. The Bertz CT molecular complexity index is 1200. The minimum Gasteiger partial charge on any atom is -0.246 e. The molecule has 0 N–H and O–H groups in total. The van der Waals surface area contributed by atoms with Gasteiger partial charge in [0.2, 0.25) is 0 Å². The molecule has 0 aliphatic carbocycles. The van der Waals surface area contributed by atoms with E-state index in [-0.39, 0.29) is 17.3 Å². The standard InChI is InChI=1S/C20H16FN3O3S2/c1-28-17-8-3-7-16(12-17)24-19-18(9-4-10-22-19)29(26,27)23(20(24)25)13-14-5-2-6-15(21)11-14/h2-12H,13H2,1H3. The number of carbonyl (C=O) groups excluding carboxylic acids is 1. The Morgan fingerprint density at radius 3 is 2.62 bits per heavy atom. The normalized spacial score (nSPS) is 15.3. The lowest BCUT2D eigenvalue weighted by atomic mass is 10.2. The average molecular weight is 429 g/mol. The molecule has 148 valence electrons. The van der Waals surface area contributed by atoms with E-state index in [2.05, 4.69) is 4.98 Å². The predicted molar refractivity (Wildman–Crippen MR) is 109 cm³/mol. The zero-order chi connectivity index (χ0) is 20.6. The summed E-state index contributed by atoms with van der Waals surface area (Å²) >= 11 is 1.50. The van der Waals surface area contributed by atoms with Crippen LogP contribution < -0.4 is 4.90 Å². The number of hydrogen-bond donors (Lipinski definition) is 0. The SMILES string of the molecule is CSc1cccc(N2C(=O)N(Cc3cccc(F)c3)S(=O)(=O)c3cccnc32)c1. The third kappa shape index (κ3) is 3.47. The first-order valence-electron chi connectivity index (χ1n) is 8.62. The molecule has 1 aromatic heterocycles. The number of nitrogens with zero attached hydrogens (tertiary/aromatic N) is 3. The lowest BCUT2D eigenvalue weighted by Gasteiger charge is -2.35. The maximum absolute atomic E-state index is 13.6. The molecule has 2 amide bonds. The van der Waals surface area contributed by atoms with Gasteiger partial charge in [-0.2, -0.15) is 0 Å². The van der Waals surface area contributed by atoms with Crippen molar-refractivity contribution >= 4 is 39.3 Å². The predicted octanol–water partition coefficient (Wildman–Crippen LogP) is 4.41. The van der Waals surface area contributed by atoms with Crippen molar-refractivity contribution in [3.8, 4) is 0 Å². The number of carbonyl (C=O) groups is 1. The number of benzene rings is 2. The maximum Gasteiger partial charge on any atom is 0.344 e. The van der Waals surface area contributed by atoms with Crippen molar-refractivity contribution in [3.05, 3.63) is 78.2 Å². The largest absolute Gasteiger partial charge is 0.344 e. The van der Waals surface area contributed by atoms with Crippen molar-refractivity contribution in [2.45, 2.75) is 16.3 Å². The van der Waals surface area contributed by atoms with Crippen LogP contribution in [-0.2, 0) is 16.6 Å². The molecule has 1 aliphatic heterocycles. The van der Waals surface area contributed by atoms with Gasteiger partial charge in [0.1, 0.15) is 10.7 Å². The molecule has 9 heteroatoms.